The molecule has 0 amide bonds. The van der Waals surface area contributed by atoms with Gasteiger partial charge in [-0.2, -0.15) is 0 Å². The number of aliphatic carboxylic acids is 1. The van der Waals surface area contributed by atoms with Crippen molar-refractivity contribution in [3.05, 3.63) is 28.0 Å². The summed E-state index contributed by atoms with van der Waals surface area (Å²) in [6.07, 6.45) is 5.05. The van der Waals surface area contributed by atoms with Crippen molar-refractivity contribution >= 4 is 23.4 Å². The predicted octanol–water partition coefficient (Wildman–Crippen LogP) is 1.82. The van der Waals surface area contributed by atoms with Crippen molar-refractivity contribution < 1.29 is 19.7 Å². The highest BCUT2D eigenvalue weighted by Gasteiger charge is 2.19. The Balaban J connectivity index is 1.77. The van der Waals surface area contributed by atoms with Crippen molar-refractivity contribution in [3.8, 4) is 0 Å². The number of piperidine rings is 1. The number of carboxylic acid groups (broad SMARTS) is 1. The topological polar surface area (TPSA) is 70.0 Å². The zero-order valence-electron chi connectivity index (χ0n) is 11.9. The Labute approximate surface area is 128 Å². The molecule has 21 heavy (non-hydrogen) atoms. The largest absolute Gasteiger partial charge is 0.478 e. The molecule has 0 bridgehead atoms. The molecule has 5 nitrogen and oxygen atoms in total. The van der Waals surface area contributed by atoms with E-state index in [1.165, 1.54) is 4.88 Å². The van der Waals surface area contributed by atoms with Gasteiger partial charge in [0.15, 0.2) is 0 Å². The van der Waals surface area contributed by atoms with E-state index in [2.05, 4.69) is 4.90 Å². The summed E-state index contributed by atoms with van der Waals surface area (Å²) < 4.78 is 5.55. The van der Waals surface area contributed by atoms with Crippen LogP contribution < -0.4 is 0 Å². The van der Waals surface area contributed by atoms with Gasteiger partial charge in [-0.25, -0.2) is 4.79 Å². The Kier molecular flexibility index (Phi) is 6.38. The van der Waals surface area contributed by atoms with Gasteiger partial charge in [0.2, 0.25) is 0 Å². The average molecular weight is 311 g/mol. The Morgan fingerprint density at radius 3 is 2.90 bits per heavy atom. The lowest BCUT2D eigenvalue weighted by atomic mass is 10.1. The van der Waals surface area contributed by atoms with Crippen molar-refractivity contribution in [2.75, 3.05) is 26.3 Å². The molecule has 0 saturated carbocycles. The molecule has 0 spiro atoms. The maximum absolute atomic E-state index is 10.5. The summed E-state index contributed by atoms with van der Waals surface area (Å²) in [6, 6.07) is 2.04. The zero-order valence-corrected chi connectivity index (χ0v) is 12.7. The molecule has 1 fully saturated rings. The average Bonchev–Trinajstić information content (AvgIpc) is 2.92. The quantitative estimate of drug-likeness (QED) is 0.752. The second kappa shape index (κ2) is 8.29. The second-order valence-electron chi connectivity index (χ2n) is 5.09. The highest BCUT2D eigenvalue weighted by Crippen LogP contribution is 2.21. The third-order valence-electron chi connectivity index (χ3n) is 3.45. The van der Waals surface area contributed by atoms with Crippen LogP contribution in [0.4, 0.5) is 0 Å². The fourth-order valence-corrected chi connectivity index (χ4v) is 3.30. The van der Waals surface area contributed by atoms with Gasteiger partial charge >= 0.3 is 5.97 Å². The molecule has 2 N–H and O–H groups in total. The molecule has 0 aliphatic carbocycles. The summed E-state index contributed by atoms with van der Waals surface area (Å²) in [4.78, 5) is 14.1. The van der Waals surface area contributed by atoms with E-state index < -0.39 is 5.97 Å². The normalized spacial score (nSPS) is 17.6. The molecule has 1 aliphatic rings. The minimum absolute atomic E-state index is 0.0854. The first-order chi connectivity index (χ1) is 10.2. The number of aliphatic hydroxyl groups excluding tert-OH is 1. The number of thiophene rings is 1. The van der Waals surface area contributed by atoms with Crippen molar-refractivity contribution in [2.45, 2.75) is 25.5 Å². The molecule has 2 heterocycles. The van der Waals surface area contributed by atoms with Crippen LogP contribution in [0.5, 0.6) is 0 Å². The van der Waals surface area contributed by atoms with Crippen LogP contribution in [-0.2, 0) is 16.1 Å². The number of aliphatic hydroxyl groups is 1. The summed E-state index contributed by atoms with van der Waals surface area (Å²) in [5, 5.41) is 19.3. The third kappa shape index (κ3) is 5.59. The third-order valence-corrected chi connectivity index (χ3v) is 4.39. The lowest BCUT2D eigenvalue weighted by molar-refractivity contribution is -0.131. The van der Waals surface area contributed by atoms with Gasteiger partial charge < -0.3 is 14.9 Å². The summed E-state index contributed by atoms with van der Waals surface area (Å²) in [5.41, 5.74) is 0.943. The predicted molar refractivity (Wildman–Crippen MR) is 82.3 cm³/mol. The maximum atomic E-state index is 10.5. The molecule has 0 aromatic carbocycles. The highest BCUT2D eigenvalue weighted by atomic mass is 32.1. The van der Waals surface area contributed by atoms with Crippen molar-refractivity contribution in [1.82, 2.24) is 4.90 Å². The van der Waals surface area contributed by atoms with E-state index in [0.717, 1.165) is 44.1 Å². The highest BCUT2D eigenvalue weighted by molar-refractivity contribution is 7.10. The molecular weight excluding hydrogens is 290 g/mol. The Hall–Kier alpha value is -1.21. The van der Waals surface area contributed by atoms with Crippen molar-refractivity contribution in [1.29, 1.82) is 0 Å². The van der Waals surface area contributed by atoms with E-state index in [0.29, 0.717) is 6.61 Å². The standard InChI is InChI=1S/C15H21NO4S/c17-7-8-20-13-3-5-16(6-4-13)10-14-9-12(11-21-14)1-2-15(18)19/h1-2,9,11,13,17H,3-8,10H2,(H,18,19)/b2-1+. The van der Waals surface area contributed by atoms with Crippen LogP contribution in [0.25, 0.3) is 6.08 Å². The van der Waals surface area contributed by atoms with E-state index in [1.54, 1.807) is 17.4 Å². The van der Waals surface area contributed by atoms with Gasteiger partial charge in [0.1, 0.15) is 0 Å². The van der Waals surface area contributed by atoms with Gasteiger partial charge in [-0.05, 0) is 35.9 Å². The number of hydrogen-bond donors (Lipinski definition) is 2. The van der Waals surface area contributed by atoms with Crippen LogP contribution in [0.15, 0.2) is 17.5 Å². The minimum atomic E-state index is -0.923. The van der Waals surface area contributed by atoms with Gasteiger partial charge in [-0.3, -0.25) is 4.90 Å². The van der Waals surface area contributed by atoms with Crippen LogP contribution in [0.2, 0.25) is 0 Å². The van der Waals surface area contributed by atoms with Crippen molar-refractivity contribution in [2.24, 2.45) is 0 Å². The Morgan fingerprint density at radius 1 is 1.48 bits per heavy atom. The van der Waals surface area contributed by atoms with Gasteiger partial charge in [0.25, 0.3) is 0 Å². The molecule has 1 saturated heterocycles. The molecule has 1 aromatic heterocycles. The van der Waals surface area contributed by atoms with Crippen molar-refractivity contribution in [3.63, 3.8) is 0 Å². The summed E-state index contributed by atoms with van der Waals surface area (Å²) >= 11 is 1.66. The second-order valence-corrected chi connectivity index (χ2v) is 6.08. The van der Waals surface area contributed by atoms with E-state index in [4.69, 9.17) is 14.9 Å². The smallest absolute Gasteiger partial charge is 0.328 e. The number of ether oxygens (including phenoxy) is 1. The molecule has 6 heteroatoms. The molecule has 0 atom stereocenters. The summed E-state index contributed by atoms with van der Waals surface area (Å²) in [7, 11) is 0. The molecule has 2 rings (SSSR count). The first kappa shape index (κ1) is 16.2. The summed E-state index contributed by atoms with van der Waals surface area (Å²) in [6.45, 7) is 3.40. The molecular formula is C15H21NO4S. The van der Waals surface area contributed by atoms with Gasteiger partial charge in [-0.15, -0.1) is 11.3 Å². The number of nitrogens with zero attached hydrogens (tertiary/aromatic N) is 1. The lowest BCUT2D eigenvalue weighted by Crippen LogP contribution is -2.36. The number of hydrogen-bond acceptors (Lipinski definition) is 5. The van der Waals surface area contributed by atoms with E-state index >= 15 is 0 Å². The number of likely N-dealkylation sites (tertiary alicyclic amines) is 1. The first-order valence-electron chi connectivity index (χ1n) is 7.10. The molecule has 116 valence electrons. The fraction of sp³-hybridized carbons (Fsp3) is 0.533. The molecule has 1 aromatic rings. The van der Waals surface area contributed by atoms with E-state index in [1.807, 2.05) is 11.4 Å². The SMILES string of the molecule is O=C(O)/C=C/c1csc(CN2CCC(OCCO)CC2)c1. The zero-order chi connectivity index (χ0) is 15.1. The Morgan fingerprint density at radius 2 is 2.24 bits per heavy atom. The molecule has 0 unspecified atom stereocenters. The number of carbonyl (C=O) groups is 1. The van der Waals surface area contributed by atoms with Crippen LogP contribution in [-0.4, -0.2) is 53.5 Å². The van der Waals surface area contributed by atoms with Gasteiger partial charge in [-0.1, -0.05) is 0 Å². The van der Waals surface area contributed by atoms with Gasteiger partial charge in [0.05, 0.1) is 19.3 Å². The fourth-order valence-electron chi connectivity index (χ4n) is 2.41. The van der Waals surface area contributed by atoms with Crippen LogP contribution >= 0.6 is 11.3 Å². The van der Waals surface area contributed by atoms with Gasteiger partial charge in [0, 0.05) is 30.6 Å². The van der Waals surface area contributed by atoms with E-state index in [-0.39, 0.29) is 12.7 Å². The van der Waals surface area contributed by atoms with Crippen LogP contribution in [0.3, 0.4) is 0 Å². The van der Waals surface area contributed by atoms with Crippen LogP contribution in [0, 0.1) is 0 Å². The maximum Gasteiger partial charge on any atom is 0.328 e. The lowest BCUT2D eigenvalue weighted by Gasteiger charge is -2.31. The molecule has 1 aliphatic heterocycles. The monoisotopic (exact) mass is 311 g/mol. The Bertz CT molecular complexity index is 478. The van der Waals surface area contributed by atoms with E-state index in [9.17, 15) is 4.79 Å². The first-order valence-corrected chi connectivity index (χ1v) is 7.98. The number of carboxylic acids is 1. The minimum Gasteiger partial charge on any atom is -0.478 e. The number of rotatable bonds is 7. The van der Waals surface area contributed by atoms with Crippen LogP contribution in [0.1, 0.15) is 23.3 Å². The summed E-state index contributed by atoms with van der Waals surface area (Å²) in [5.74, 6) is -0.923. The molecule has 0 radical (unpaired) electrons.